The van der Waals surface area contributed by atoms with E-state index in [9.17, 15) is 0 Å². The Balaban J connectivity index is 2.97. The molecule has 0 saturated carbocycles. The van der Waals surface area contributed by atoms with Gasteiger partial charge in [0.05, 0.1) is 0 Å². The molecule has 1 heteroatoms. The maximum atomic E-state index is 2.29. The summed E-state index contributed by atoms with van der Waals surface area (Å²) in [6.45, 7) is 6.86. The topological polar surface area (TPSA) is 0 Å². The smallest absolute Gasteiger partial charge is 0.0187 e. The molecule has 0 fully saturated rings. The van der Waals surface area contributed by atoms with Crippen molar-refractivity contribution in [1.82, 2.24) is 0 Å². The van der Waals surface area contributed by atoms with Gasteiger partial charge < -0.3 is 0 Å². The summed E-state index contributed by atoms with van der Waals surface area (Å²) in [5.74, 6) is 0. The molecule has 0 N–H and O–H groups in total. The average Bonchev–Trinajstić information content (AvgIpc) is 1.88. The van der Waals surface area contributed by atoms with Crippen LogP contribution in [0.3, 0.4) is 0 Å². The van der Waals surface area contributed by atoms with Crippen LogP contribution in [0.1, 0.15) is 0 Å². The predicted molar refractivity (Wildman–Crippen MR) is 49.4 cm³/mol. The summed E-state index contributed by atoms with van der Waals surface area (Å²) in [5, 5.41) is 0. The van der Waals surface area contributed by atoms with E-state index in [4.69, 9.17) is 0 Å². The largest absolute Gasteiger partial charge is 0.211 e. The summed E-state index contributed by atoms with van der Waals surface area (Å²) in [7, 11) is 0. The van der Waals surface area contributed by atoms with Gasteiger partial charge in [-0.3, -0.25) is 0 Å². The van der Waals surface area contributed by atoms with Crippen molar-refractivity contribution < 1.29 is 0 Å². The quantitative estimate of drug-likeness (QED) is 0.515. The Morgan fingerprint density at radius 2 is 1.40 bits per heavy atom. The number of rotatable bonds is 1. The Morgan fingerprint density at radius 1 is 0.900 bits per heavy atom. The van der Waals surface area contributed by atoms with Gasteiger partial charge in [-0.2, -0.15) is 20.5 Å². The zero-order valence-electron chi connectivity index (χ0n) is 6.96. The van der Waals surface area contributed by atoms with Crippen LogP contribution in [-0.4, -0.2) is 6.15 Å². The van der Waals surface area contributed by atoms with E-state index in [1.807, 2.05) is 0 Å². The van der Waals surface area contributed by atoms with Crippen LogP contribution in [0.25, 0.3) is 0 Å². The molecule has 0 aliphatic rings. The molecule has 0 amide bonds. The highest BCUT2D eigenvalue weighted by atomic mass is 13.8. The molecule has 0 radical (unpaired) electrons. The van der Waals surface area contributed by atoms with Crippen LogP contribution in [0.15, 0.2) is 30.3 Å². The summed E-state index contributed by atoms with van der Waals surface area (Å²) in [6.07, 6.45) is -0.304. The molecule has 1 rings (SSSR count). The van der Waals surface area contributed by atoms with Crippen molar-refractivity contribution in [3.05, 3.63) is 30.3 Å². The van der Waals surface area contributed by atoms with Gasteiger partial charge in [-0.05, 0) is 0 Å². The first-order chi connectivity index (χ1) is 4.61. The molecular weight excluding hydrogens is 119 g/mol. The maximum absolute atomic E-state index is 2.29. The van der Waals surface area contributed by atoms with Gasteiger partial charge in [0.1, 0.15) is 0 Å². The van der Waals surface area contributed by atoms with Crippen molar-refractivity contribution in [1.29, 1.82) is 0 Å². The molecule has 0 atom stereocenters. The van der Waals surface area contributed by atoms with Gasteiger partial charge in [-0.25, -0.2) is 5.46 Å². The minimum atomic E-state index is -0.304. The Labute approximate surface area is 63.2 Å². The lowest BCUT2D eigenvalue weighted by atomic mass is 9.27. The standard InChI is InChI=1S/C9H14B/c1-10(2,3)9-7-5-4-6-8-9/h4-8H,1-3H3/q-1. The number of hydrogen-bond donors (Lipinski definition) is 0. The average molecular weight is 133 g/mol. The van der Waals surface area contributed by atoms with Crippen molar-refractivity contribution in [3.63, 3.8) is 0 Å². The van der Waals surface area contributed by atoms with Crippen LogP contribution >= 0.6 is 0 Å². The van der Waals surface area contributed by atoms with Gasteiger partial charge in [0.15, 0.2) is 0 Å². The molecule has 0 aliphatic heterocycles. The molecule has 10 heavy (non-hydrogen) atoms. The Bertz CT molecular complexity index is 196. The van der Waals surface area contributed by atoms with E-state index < -0.39 is 0 Å². The first kappa shape index (κ1) is 7.39. The summed E-state index contributed by atoms with van der Waals surface area (Å²) in [6, 6.07) is 10.6. The first-order valence-corrected chi connectivity index (χ1v) is 3.93. The lowest BCUT2D eigenvalue weighted by Gasteiger charge is -2.24. The summed E-state index contributed by atoms with van der Waals surface area (Å²) in [5.41, 5.74) is 1.46. The van der Waals surface area contributed by atoms with E-state index in [0.717, 1.165) is 0 Å². The van der Waals surface area contributed by atoms with Crippen LogP contribution in [0.4, 0.5) is 0 Å². The molecular formula is C9H14B-. The van der Waals surface area contributed by atoms with Gasteiger partial charge in [0, 0.05) is 6.15 Å². The zero-order chi connectivity index (χ0) is 7.61. The van der Waals surface area contributed by atoms with Crippen molar-refractivity contribution in [2.24, 2.45) is 0 Å². The van der Waals surface area contributed by atoms with Gasteiger partial charge in [0.2, 0.25) is 0 Å². The van der Waals surface area contributed by atoms with E-state index in [0.29, 0.717) is 0 Å². The fourth-order valence-electron chi connectivity index (χ4n) is 1.03. The third kappa shape index (κ3) is 1.63. The third-order valence-electron chi connectivity index (χ3n) is 1.80. The van der Waals surface area contributed by atoms with Crippen molar-refractivity contribution in [3.8, 4) is 0 Å². The minimum Gasteiger partial charge on any atom is -0.211 e. The third-order valence-corrected chi connectivity index (χ3v) is 1.80. The summed E-state index contributed by atoms with van der Waals surface area (Å²) in [4.78, 5) is 0. The van der Waals surface area contributed by atoms with Crippen LogP contribution < -0.4 is 5.46 Å². The van der Waals surface area contributed by atoms with Gasteiger partial charge in [0.25, 0.3) is 0 Å². The number of benzene rings is 1. The fourth-order valence-corrected chi connectivity index (χ4v) is 1.03. The van der Waals surface area contributed by atoms with Crippen LogP contribution in [0.5, 0.6) is 0 Å². The first-order valence-electron chi connectivity index (χ1n) is 3.93. The lowest BCUT2D eigenvalue weighted by molar-refractivity contribution is 1.68. The maximum Gasteiger partial charge on any atom is 0.0187 e. The summed E-state index contributed by atoms with van der Waals surface area (Å²) < 4.78 is 0. The van der Waals surface area contributed by atoms with Gasteiger partial charge in [-0.15, -0.1) is 0 Å². The van der Waals surface area contributed by atoms with E-state index in [-0.39, 0.29) is 6.15 Å². The molecule has 54 valence electrons. The van der Waals surface area contributed by atoms with E-state index >= 15 is 0 Å². The second-order valence-electron chi connectivity index (χ2n) is 4.01. The van der Waals surface area contributed by atoms with Crippen molar-refractivity contribution in [2.75, 3.05) is 0 Å². The Kier molecular flexibility index (Phi) is 1.84. The second-order valence-corrected chi connectivity index (χ2v) is 4.01. The molecule has 0 saturated heterocycles. The fraction of sp³-hybridized carbons (Fsp3) is 0.333. The van der Waals surface area contributed by atoms with E-state index in [2.05, 4.69) is 50.8 Å². The highest BCUT2D eigenvalue weighted by molar-refractivity contribution is 6.88. The zero-order valence-corrected chi connectivity index (χ0v) is 6.96. The predicted octanol–water partition coefficient (Wildman–Crippen LogP) is 2.23. The van der Waals surface area contributed by atoms with E-state index in [1.165, 1.54) is 5.46 Å². The molecule has 1 aromatic carbocycles. The van der Waals surface area contributed by atoms with Crippen molar-refractivity contribution in [2.45, 2.75) is 20.5 Å². The van der Waals surface area contributed by atoms with Crippen molar-refractivity contribution >= 4 is 11.6 Å². The van der Waals surface area contributed by atoms with Gasteiger partial charge in [-0.1, -0.05) is 30.3 Å². The lowest BCUT2D eigenvalue weighted by Crippen LogP contribution is -2.37. The molecule has 0 aromatic heterocycles. The molecule has 1 aromatic rings. The Hall–Kier alpha value is -0.715. The Morgan fingerprint density at radius 3 is 1.70 bits per heavy atom. The van der Waals surface area contributed by atoms with Crippen LogP contribution in [-0.2, 0) is 0 Å². The van der Waals surface area contributed by atoms with Crippen LogP contribution in [0.2, 0.25) is 20.5 Å². The van der Waals surface area contributed by atoms with E-state index in [1.54, 1.807) is 0 Å². The molecule has 0 bridgehead atoms. The molecule has 0 unspecified atom stereocenters. The second kappa shape index (κ2) is 2.49. The molecule has 0 heterocycles. The monoisotopic (exact) mass is 133 g/mol. The normalized spacial score (nSPS) is 11.5. The van der Waals surface area contributed by atoms with Gasteiger partial charge >= 0.3 is 0 Å². The molecule has 0 spiro atoms. The highest BCUT2D eigenvalue weighted by Gasteiger charge is 2.05. The SMILES string of the molecule is C[B-](C)(C)c1ccccc1. The number of hydrogen-bond acceptors (Lipinski definition) is 0. The van der Waals surface area contributed by atoms with Crippen LogP contribution in [0, 0.1) is 0 Å². The minimum absolute atomic E-state index is 0.304. The highest BCUT2D eigenvalue weighted by Crippen LogP contribution is 2.00. The summed E-state index contributed by atoms with van der Waals surface area (Å²) >= 11 is 0. The molecule has 0 nitrogen and oxygen atoms in total. The molecule has 0 aliphatic carbocycles.